The number of fused-ring (bicyclic) bond motifs is 2. The van der Waals surface area contributed by atoms with Gasteiger partial charge in [0.1, 0.15) is 0 Å². The molecule has 1 unspecified atom stereocenters. The van der Waals surface area contributed by atoms with Gasteiger partial charge in [-0.1, -0.05) is 64.7 Å². The van der Waals surface area contributed by atoms with Gasteiger partial charge in [-0.05, 0) is 81.2 Å². The fraction of sp³-hybridized carbons (Fsp3) is 0.429. The average molecular weight is 684 g/mol. The second-order valence-corrected chi connectivity index (χ2v) is 15.8. The van der Waals surface area contributed by atoms with Crippen LogP contribution in [0.3, 0.4) is 0 Å². The lowest BCUT2D eigenvalue weighted by Gasteiger charge is -2.43. The van der Waals surface area contributed by atoms with E-state index in [9.17, 15) is 18.0 Å². The fourth-order valence-electron chi connectivity index (χ4n) is 7.46. The number of carbonyl (C=O) groups excluding carboxylic acids is 2. The zero-order valence-electron chi connectivity index (χ0n) is 26.5. The fourth-order valence-corrected chi connectivity index (χ4v) is 8.77. The summed E-state index contributed by atoms with van der Waals surface area (Å²) in [6.07, 6.45) is 3.28. The SMILES string of the molecule is Cc1cc(C)cc(C(=O)N2CCN(C(=O)CCN3CCC4(CC3)CN(S(C)(=O)=O)c3ccccc34)C(c3ccc(Cl)c(Cl)c3)C2)c1. The van der Waals surface area contributed by atoms with Crippen LogP contribution >= 0.6 is 23.2 Å². The highest BCUT2D eigenvalue weighted by Gasteiger charge is 2.47. The van der Waals surface area contributed by atoms with Crippen LogP contribution in [0.4, 0.5) is 5.69 Å². The Morgan fingerprint density at radius 2 is 1.59 bits per heavy atom. The Kier molecular flexibility index (Phi) is 9.15. The molecule has 2 amide bonds. The predicted octanol–water partition coefficient (Wildman–Crippen LogP) is 5.84. The molecule has 3 aromatic carbocycles. The van der Waals surface area contributed by atoms with Crippen LogP contribution in [0.15, 0.2) is 60.7 Å². The first-order valence-corrected chi connectivity index (χ1v) is 18.4. The monoisotopic (exact) mass is 682 g/mol. The van der Waals surface area contributed by atoms with Gasteiger partial charge in [-0.3, -0.25) is 13.9 Å². The lowest BCUT2D eigenvalue weighted by Crippen LogP contribution is -2.53. The summed E-state index contributed by atoms with van der Waals surface area (Å²) in [6, 6.07) is 18.8. The number of aryl methyl sites for hydroxylation is 2. The molecular formula is C35H40Cl2N4O4S. The van der Waals surface area contributed by atoms with Crippen molar-refractivity contribution in [2.45, 2.75) is 44.6 Å². The van der Waals surface area contributed by atoms with Gasteiger partial charge < -0.3 is 14.7 Å². The van der Waals surface area contributed by atoms with Crippen LogP contribution in [0, 0.1) is 13.8 Å². The molecule has 46 heavy (non-hydrogen) atoms. The predicted molar refractivity (Wildman–Crippen MR) is 183 cm³/mol. The van der Waals surface area contributed by atoms with Gasteiger partial charge in [0.15, 0.2) is 0 Å². The number of hydrogen-bond donors (Lipinski definition) is 0. The van der Waals surface area contributed by atoms with E-state index in [2.05, 4.69) is 11.0 Å². The molecule has 2 saturated heterocycles. The first-order chi connectivity index (χ1) is 21.8. The number of sulfonamides is 1. The highest BCUT2D eigenvalue weighted by Crippen LogP contribution is 2.47. The molecule has 0 aliphatic carbocycles. The number of rotatable bonds is 6. The van der Waals surface area contributed by atoms with Gasteiger partial charge >= 0.3 is 0 Å². The molecule has 0 bridgehead atoms. The number of likely N-dealkylation sites (tertiary alicyclic amines) is 1. The smallest absolute Gasteiger partial charge is 0.254 e. The summed E-state index contributed by atoms with van der Waals surface area (Å²) in [5.41, 5.74) is 5.25. The van der Waals surface area contributed by atoms with Crippen LogP contribution in [0.25, 0.3) is 0 Å². The molecule has 3 aromatic rings. The van der Waals surface area contributed by atoms with E-state index in [-0.39, 0.29) is 23.3 Å². The highest BCUT2D eigenvalue weighted by molar-refractivity contribution is 7.92. The number of benzene rings is 3. The quantitative estimate of drug-likeness (QED) is 0.327. The number of carbonyl (C=O) groups is 2. The molecule has 3 heterocycles. The Balaban J connectivity index is 1.13. The van der Waals surface area contributed by atoms with Crippen LogP contribution in [0.1, 0.15) is 57.9 Å². The second kappa shape index (κ2) is 12.8. The summed E-state index contributed by atoms with van der Waals surface area (Å²) in [4.78, 5) is 33.5. The van der Waals surface area contributed by atoms with Crippen molar-refractivity contribution in [2.75, 3.05) is 56.4 Å². The maximum atomic E-state index is 13.8. The highest BCUT2D eigenvalue weighted by atomic mass is 35.5. The van der Waals surface area contributed by atoms with E-state index in [1.165, 1.54) is 6.26 Å². The van der Waals surface area contributed by atoms with Crippen molar-refractivity contribution in [3.05, 3.63) is 98.5 Å². The van der Waals surface area contributed by atoms with Crippen LogP contribution in [-0.2, 0) is 20.2 Å². The number of nitrogens with zero attached hydrogens (tertiary/aromatic N) is 4. The van der Waals surface area contributed by atoms with Gasteiger partial charge in [0, 0.05) is 50.1 Å². The third-order valence-corrected chi connectivity index (χ3v) is 11.7. The van der Waals surface area contributed by atoms with Gasteiger partial charge in [0.05, 0.1) is 28.0 Å². The molecule has 11 heteroatoms. The van der Waals surface area contributed by atoms with E-state index in [4.69, 9.17) is 23.2 Å². The van der Waals surface area contributed by atoms with Crippen molar-refractivity contribution in [1.82, 2.24) is 14.7 Å². The molecule has 0 radical (unpaired) electrons. The molecule has 2 fully saturated rings. The van der Waals surface area contributed by atoms with Gasteiger partial charge in [-0.2, -0.15) is 0 Å². The van der Waals surface area contributed by atoms with Crippen LogP contribution in [0.2, 0.25) is 10.0 Å². The van der Waals surface area contributed by atoms with Gasteiger partial charge in [-0.15, -0.1) is 0 Å². The minimum Gasteiger partial charge on any atom is -0.334 e. The van der Waals surface area contributed by atoms with E-state index in [1.807, 2.05) is 66.1 Å². The normalized spacial score (nSPS) is 19.8. The summed E-state index contributed by atoms with van der Waals surface area (Å²) in [5, 5.41) is 0.851. The zero-order valence-corrected chi connectivity index (χ0v) is 28.8. The molecule has 3 aliphatic rings. The van der Waals surface area contributed by atoms with Gasteiger partial charge in [-0.25, -0.2) is 8.42 Å². The second-order valence-electron chi connectivity index (χ2n) is 13.1. The largest absolute Gasteiger partial charge is 0.334 e. The Hall–Kier alpha value is -3.11. The molecular weight excluding hydrogens is 643 g/mol. The molecule has 1 atom stereocenters. The Bertz CT molecular complexity index is 1750. The molecule has 0 aromatic heterocycles. The molecule has 0 saturated carbocycles. The van der Waals surface area contributed by atoms with Crippen LogP contribution in [-0.4, -0.2) is 87.0 Å². The number of amides is 2. The first-order valence-electron chi connectivity index (χ1n) is 15.8. The molecule has 0 N–H and O–H groups in total. The number of piperidine rings is 1. The van der Waals surface area contributed by atoms with Crippen molar-refractivity contribution in [3.63, 3.8) is 0 Å². The van der Waals surface area contributed by atoms with Crippen molar-refractivity contribution in [2.24, 2.45) is 0 Å². The standard InChI is InChI=1S/C35H40Cl2N4O4S/c1-24-18-25(2)20-27(19-24)34(43)39-16-17-40(32(22-39)26-8-9-29(36)30(37)21-26)33(42)10-13-38-14-11-35(12-15-38)23-41(46(3,44)45)31-7-5-4-6-28(31)35/h4-9,18-21,32H,10-17,22-23H2,1-3H3. The maximum absolute atomic E-state index is 13.8. The lowest BCUT2D eigenvalue weighted by molar-refractivity contribution is -0.136. The minimum atomic E-state index is -3.37. The number of piperazine rings is 1. The topological polar surface area (TPSA) is 81.2 Å². The van der Waals surface area contributed by atoms with Crippen molar-refractivity contribution >= 4 is 50.7 Å². The van der Waals surface area contributed by atoms with E-state index in [0.29, 0.717) is 54.8 Å². The Labute approximate surface area is 281 Å². The molecule has 244 valence electrons. The van der Waals surface area contributed by atoms with Gasteiger partial charge in [0.2, 0.25) is 15.9 Å². The minimum absolute atomic E-state index is 0.0318. The molecule has 1 spiro atoms. The summed E-state index contributed by atoms with van der Waals surface area (Å²) in [7, 11) is -3.37. The van der Waals surface area contributed by atoms with E-state index in [1.54, 1.807) is 16.4 Å². The van der Waals surface area contributed by atoms with Crippen molar-refractivity contribution < 1.29 is 18.0 Å². The summed E-state index contributed by atoms with van der Waals surface area (Å²) >= 11 is 12.6. The number of para-hydroxylation sites is 1. The number of hydrogen-bond acceptors (Lipinski definition) is 5. The summed E-state index contributed by atoms with van der Waals surface area (Å²) < 4.78 is 26.7. The van der Waals surface area contributed by atoms with E-state index >= 15 is 0 Å². The molecule has 3 aliphatic heterocycles. The Morgan fingerprint density at radius 1 is 0.891 bits per heavy atom. The van der Waals surface area contributed by atoms with Gasteiger partial charge in [0.25, 0.3) is 5.91 Å². The average Bonchev–Trinajstić information content (AvgIpc) is 3.35. The third kappa shape index (κ3) is 6.52. The van der Waals surface area contributed by atoms with E-state index < -0.39 is 10.0 Å². The molecule has 6 rings (SSSR count). The number of halogens is 2. The van der Waals surface area contributed by atoms with Crippen LogP contribution < -0.4 is 4.31 Å². The Morgan fingerprint density at radius 3 is 2.26 bits per heavy atom. The van der Waals surface area contributed by atoms with Crippen molar-refractivity contribution in [3.8, 4) is 0 Å². The zero-order chi connectivity index (χ0) is 32.8. The van der Waals surface area contributed by atoms with Crippen molar-refractivity contribution in [1.29, 1.82) is 0 Å². The molecule has 8 nitrogen and oxygen atoms in total. The lowest BCUT2D eigenvalue weighted by atomic mass is 9.74. The number of anilines is 1. The summed E-state index contributed by atoms with van der Waals surface area (Å²) in [6.45, 7) is 7.84. The van der Waals surface area contributed by atoms with E-state index in [0.717, 1.165) is 53.9 Å². The van der Waals surface area contributed by atoms with Crippen LogP contribution in [0.5, 0.6) is 0 Å². The maximum Gasteiger partial charge on any atom is 0.254 e. The first kappa shape index (κ1) is 32.8. The summed E-state index contributed by atoms with van der Waals surface area (Å²) in [5.74, 6) is -0.0153. The third-order valence-electron chi connectivity index (χ3n) is 9.83.